The van der Waals surface area contributed by atoms with Crippen molar-refractivity contribution in [3.63, 3.8) is 0 Å². The number of carbonyl (C=O) groups excluding carboxylic acids is 1. The van der Waals surface area contributed by atoms with Crippen LogP contribution >= 0.6 is 27.5 Å². The van der Waals surface area contributed by atoms with Gasteiger partial charge >= 0.3 is 5.97 Å². The van der Waals surface area contributed by atoms with Crippen LogP contribution in [-0.4, -0.2) is 19.0 Å². The Morgan fingerprint density at radius 3 is 2.72 bits per heavy atom. The van der Waals surface area contributed by atoms with E-state index in [2.05, 4.69) is 20.9 Å². The molecule has 162 valence electrons. The van der Waals surface area contributed by atoms with Gasteiger partial charge in [-0.05, 0) is 75.6 Å². The minimum absolute atomic E-state index is 0.0493. The number of halogens is 3. The average Bonchev–Trinajstić information content (AvgIpc) is 3.13. The second-order valence-corrected chi connectivity index (χ2v) is 8.09. The van der Waals surface area contributed by atoms with Crippen LogP contribution < -0.4 is 9.47 Å². The first-order valence-electron chi connectivity index (χ1n) is 9.46. The number of benzene rings is 3. The van der Waals surface area contributed by atoms with Gasteiger partial charge in [0.05, 0.1) is 11.6 Å². The summed E-state index contributed by atoms with van der Waals surface area (Å²) in [5, 5.41) is 0.626. The maximum atomic E-state index is 13.5. The lowest BCUT2D eigenvalue weighted by atomic mass is 10.1. The summed E-state index contributed by atoms with van der Waals surface area (Å²) < 4.78 is 30.7. The van der Waals surface area contributed by atoms with Crippen LogP contribution in [0, 0.1) is 5.82 Å². The largest absolute Gasteiger partial charge is 0.493 e. The van der Waals surface area contributed by atoms with Crippen LogP contribution in [0.15, 0.2) is 75.8 Å². The molecule has 0 spiro atoms. The number of cyclic esters (lactones) is 1. The minimum Gasteiger partial charge on any atom is -0.493 e. The summed E-state index contributed by atoms with van der Waals surface area (Å²) in [6.45, 7) is 0.295. The van der Waals surface area contributed by atoms with Gasteiger partial charge in [-0.3, -0.25) is 0 Å². The third-order valence-electron chi connectivity index (χ3n) is 4.52. The van der Waals surface area contributed by atoms with Gasteiger partial charge in [0.2, 0.25) is 5.90 Å². The molecule has 0 amide bonds. The fourth-order valence-corrected chi connectivity index (χ4v) is 3.84. The molecule has 0 aromatic heterocycles. The number of nitrogens with zero attached hydrogens (tertiary/aromatic N) is 1. The number of hydrogen-bond acceptors (Lipinski definition) is 5. The third-order valence-corrected chi connectivity index (χ3v) is 5.34. The molecule has 0 aliphatic carbocycles. The maximum absolute atomic E-state index is 13.5. The van der Waals surface area contributed by atoms with Gasteiger partial charge in [-0.1, -0.05) is 29.8 Å². The predicted molar refractivity (Wildman–Crippen MR) is 123 cm³/mol. The van der Waals surface area contributed by atoms with Crippen molar-refractivity contribution in [1.29, 1.82) is 0 Å². The molecule has 4 rings (SSSR count). The number of hydrogen-bond donors (Lipinski definition) is 0. The molecule has 3 aromatic rings. The summed E-state index contributed by atoms with van der Waals surface area (Å²) in [7, 11) is 1.52. The van der Waals surface area contributed by atoms with Crippen molar-refractivity contribution in [1.82, 2.24) is 0 Å². The Bertz CT molecular complexity index is 1260. The minimum atomic E-state index is -0.624. The van der Waals surface area contributed by atoms with Gasteiger partial charge in [-0.15, -0.1) is 0 Å². The fourth-order valence-electron chi connectivity index (χ4n) is 3.06. The Balaban J connectivity index is 1.59. The van der Waals surface area contributed by atoms with E-state index < -0.39 is 11.8 Å². The number of ether oxygens (including phenoxy) is 3. The number of rotatable bonds is 6. The Hall–Kier alpha value is -3.16. The second kappa shape index (κ2) is 9.54. The lowest BCUT2D eigenvalue weighted by Gasteiger charge is -2.14. The molecule has 1 aliphatic rings. The van der Waals surface area contributed by atoms with Crippen LogP contribution in [-0.2, 0) is 16.1 Å². The first-order valence-corrected chi connectivity index (χ1v) is 10.6. The highest BCUT2D eigenvalue weighted by molar-refractivity contribution is 9.10. The first kappa shape index (κ1) is 22.0. The molecule has 1 aliphatic heterocycles. The summed E-state index contributed by atoms with van der Waals surface area (Å²) in [5.74, 6) is -0.0453. The van der Waals surface area contributed by atoms with Crippen LogP contribution in [0.2, 0.25) is 5.02 Å². The van der Waals surface area contributed by atoms with Crippen molar-refractivity contribution in [2.75, 3.05) is 7.11 Å². The zero-order chi connectivity index (χ0) is 22.7. The highest BCUT2D eigenvalue weighted by Gasteiger charge is 2.24. The Morgan fingerprint density at radius 1 is 1.16 bits per heavy atom. The molecule has 0 saturated heterocycles. The quantitative estimate of drug-likeness (QED) is 0.290. The van der Waals surface area contributed by atoms with Gasteiger partial charge in [-0.2, -0.15) is 0 Å². The molecule has 3 aromatic carbocycles. The number of esters is 1. The molecule has 5 nitrogen and oxygen atoms in total. The topological polar surface area (TPSA) is 57.1 Å². The van der Waals surface area contributed by atoms with Crippen molar-refractivity contribution in [2.24, 2.45) is 4.99 Å². The van der Waals surface area contributed by atoms with E-state index in [9.17, 15) is 9.18 Å². The van der Waals surface area contributed by atoms with E-state index in [4.69, 9.17) is 25.8 Å². The smallest absolute Gasteiger partial charge is 0.363 e. The molecule has 0 saturated carbocycles. The standard InChI is InChI=1S/C24H16BrClFNO4/c1-30-21-11-15(9-19(25)22(21)31-13-14-4-2-6-17(26)8-14)10-20-24(29)32-23(28-20)16-5-3-7-18(27)12-16/h2-12H,13H2,1H3/b20-10-. The summed E-state index contributed by atoms with van der Waals surface area (Å²) in [4.78, 5) is 16.5. The molecular weight excluding hydrogens is 501 g/mol. The van der Waals surface area contributed by atoms with E-state index in [1.165, 1.54) is 25.3 Å². The van der Waals surface area contributed by atoms with Crippen LogP contribution in [0.5, 0.6) is 11.5 Å². The maximum Gasteiger partial charge on any atom is 0.363 e. The molecule has 8 heteroatoms. The number of methoxy groups -OCH3 is 1. The summed E-state index contributed by atoms with van der Waals surface area (Å²) >= 11 is 9.52. The Labute approximate surface area is 197 Å². The van der Waals surface area contributed by atoms with Gasteiger partial charge in [0.25, 0.3) is 0 Å². The molecule has 1 heterocycles. The lowest BCUT2D eigenvalue weighted by molar-refractivity contribution is -0.129. The highest BCUT2D eigenvalue weighted by atomic mass is 79.9. The van der Waals surface area contributed by atoms with Crippen molar-refractivity contribution in [3.8, 4) is 11.5 Å². The van der Waals surface area contributed by atoms with Crippen LogP contribution in [0.1, 0.15) is 16.7 Å². The van der Waals surface area contributed by atoms with Crippen LogP contribution in [0.4, 0.5) is 4.39 Å². The van der Waals surface area contributed by atoms with E-state index in [1.54, 1.807) is 30.3 Å². The average molecular weight is 517 g/mol. The predicted octanol–water partition coefficient (Wildman–Crippen LogP) is 6.17. The van der Waals surface area contributed by atoms with Gasteiger partial charge < -0.3 is 14.2 Å². The SMILES string of the molecule is COc1cc(/C=C2\N=C(c3cccc(F)c3)OC2=O)cc(Br)c1OCc1cccc(Cl)c1. The third kappa shape index (κ3) is 5.00. The van der Waals surface area contributed by atoms with Crippen LogP contribution in [0.3, 0.4) is 0 Å². The van der Waals surface area contributed by atoms with Crippen molar-refractivity contribution < 1.29 is 23.4 Å². The van der Waals surface area contributed by atoms with E-state index in [0.29, 0.717) is 38.7 Å². The van der Waals surface area contributed by atoms with Gasteiger partial charge in [0.1, 0.15) is 12.4 Å². The highest BCUT2D eigenvalue weighted by Crippen LogP contribution is 2.38. The molecular formula is C24H16BrClFNO4. The Kier molecular flexibility index (Phi) is 6.58. The Morgan fingerprint density at radius 2 is 1.97 bits per heavy atom. The monoisotopic (exact) mass is 515 g/mol. The van der Waals surface area contributed by atoms with Crippen molar-refractivity contribution >= 4 is 45.5 Å². The first-order chi connectivity index (χ1) is 15.4. The molecule has 0 radical (unpaired) electrons. The van der Waals surface area contributed by atoms with E-state index in [-0.39, 0.29) is 11.6 Å². The molecule has 0 N–H and O–H groups in total. The zero-order valence-electron chi connectivity index (χ0n) is 16.8. The number of carbonyl (C=O) groups is 1. The fraction of sp³-hybridized carbons (Fsp3) is 0.0833. The van der Waals surface area contributed by atoms with Gasteiger partial charge in [0, 0.05) is 10.6 Å². The molecule has 0 unspecified atom stereocenters. The van der Waals surface area contributed by atoms with Gasteiger partial charge in [0.15, 0.2) is 17.2 Å². The van der Waals surface area contributed by atoms with E-state index in [1.807, 2.05) is 18.2 Å². The molecule has 0 bridgehead atoms. The molecule has 0 fully saturated rings. The number of aliphatic imine (C=N–C) groups is 1. The van der Waals surface area contributed by atoms with Crippen molar-refractivity contribution in [2.45, 2.75) is 6.61 Å². The summed E-state index contributed by atoms with van der Waals surface area (Å²) in [6, 6.07) is 16.5. The van der Waals surface area contributed by atoms with Gasteiger partial charge in [-0.25, -0.2) is 14.2 Å². The zero-order valence-corrected chi connectivity index (χ0v) is 19.1. The second-order valence-electron chi connectivity index (χ2n) is 6.80. The molecule has 0 atom stereocenters. The van der Waals surface area contributed by atoms with Crippen molar-refractivity contribution in [3.05, 3.63) is 98.4 Å². The normalized spacial score (nSPS) is 14.3. The van der Waals surface area contributed by atoms with Crippen LogP contribution in [0.25, 0.3) is 6.08 Å². The lowest BCUT2D eigenvalue weighted by Crippen LogP contribution is -2.05. The summed E-state index contributed by atoms with van der Waals surface area (Å²) in [6.07, 6.45) is 1.56. The molecule has 32 heavy (non-hydrogen) atoms. The summed E-state index contributed by atoms with van der Waals surface area (Å²) in [5.41, 5.74) is 2.02. The van der Waals surface area contributed by atoms with E-state index in [0.717, 1.165) is 5.56 Å². The van der Waals surface area contributed by atoms with E-state index >= 15 is 0 Å².